The number of hydrogen-bond donors (Lipinski definition) is 6. The van der Waals surface area contributed by atoms with Gasteiger partial charge in [0.15, 0.2) is 5.60 Å². The molecule has 3 aliphatic rings. The molecule has 1 saturated heterocycles. The van der Waals surface area contributed by atoms with Crippen LogP contribution in [0.1, 0.15) is 169 Å². The Morgan fingerprint density at radius 2 is 1.18 bits per heavy atom. The number of nitrogens with zero attached hydrogens (tertiary/aromatic N) is 1. The van der Waals surface area contributed by atoms with Gasteiger partial charge in [0.1, 0.15) is 35.3 Å². The van der Waals surface area contributed by atoms with Crippen LogP contribution in [0.4, 0.5) is 0 Å². The van der Waals surface area contributed by atoms with Crippen LogP contribution in [0.15, 0.2) is 76.4 Å². The number of hydrogen-bond acceptors (Lipinski definition) is 15. The Bertz CT molecular complexity index is 2960. The number of esters is 3. The number of carbonyl (C=O) groups excluding carboxylic acids is 7. The van der Waals surface area contributed by atoms with E-state index in [1.165, 1.54) is 22.9 Å². The minimum Gasteiger partial charge on any atom is -0.456 e. The molecule has 0 radical (unpaired) electrons. The maximum atomic E-state index is 13.8. The zero-order valence-corrected chi connectivity index (χ0v) is 45.7. The van der Waals surface area contributed by atoms with E-state index in [0.717, 1.165) is 19.3 Å². The average Bonchev–Trinajstić information content (AvgIpc) is 4.19. The van der Waals surface area contributed by atoms with E-state index in [0.29, 0.717) is 87.7 Å². The predicted octanol–water partition coefficient (Wildman–Crippen LogP) is 6.12. The van der Waals surface area contributed by atoms with E-state index in [1.807, 2.05) is 0 Å². The number of unbranched alkanes of at least 4 members (excludes halogenated alkanes) is 6. The largest absolute Gasteiger partial charge is 0.456 e. The molecule has 1 aromatic heterocycles. The van der Waals surface area contributed by atoms with Gasteiger partial charge in [-0.05, 0) is 116 Å². The zero-order chi connectivity index (χ0) is 57.1. The van der Waals surface area contributed by atoms with E-state index in [9.17, 15) is 48.3 Å². The van der Waals surface area contributed by atoms with Crippen LogP contribution in [-0.2, 0) is 39.0 Å². The third kappa shape index (κ3) is 14.9. The maximum Gasteiger partial charge on any atom is 0.340 e. The molecule has 1 spiro atoms. The van der Waals surface area contributed by atoms with Gasteiger partial charge in [-0.15, -0.1) is 0 Å². The Morgan fingerprint density at radius 1 is 0.658 bits per heavy atom. The average molecular weight is 1090 g/mol. The van der Waals surface area contributed by atoms with Crippen LogP contribution < -0.4 is 46.7 Å². The van der Waals surface area contributed by atoms with E-state index in [-0.39, 0.29) is 77.2 Å². The lowest BCUT2D eigenvalue weighted by molar-refractivity contribution is -0.143. The molecule has 4 heterocycles. The number of aliphatic hydroxyl groups excluding tert-OH is 1. The van der Waals surface area contributed by atoms with E-state index in [2.05, 4.69) is 26.3 Å². The summed E-state index contributed by atoms with van der Waals surface area (Å²) in [6.45, 7) is 11.4. The molecule has 79 heavy (non-hydrogen) atoms. The van der Waals surface area contributed by atoms with Crippen molar-refractivity contribution in [1.29, 1.82) is 0 Å². The Hall–Kier alpha value is -7.65. The Balaban J connectivity index is 0.774. The summed E-state index contributed by atoms with van der Waals surface area (Å²) in [6.07, 6.45) is 7.27. The van der Waals surface area contributed by atoms with E-state index < -0.39 is 64.0 Å². The monoisotopic (exact) mass is 1090 g/mol. The SMILES string of the molecule is CC(C)(C)C(=O)Oc1ccc2c(c1)Oc1cc(OC(=O)C(C)(C)C)ccc1C21OC(=O)c2cc(C(=O)NCCCCCC(=O)NCCCCCC(=O)NCCCCCC(=O)N[C@H]3C[C@H](n4ccc(=O)[nH]c4=O)O[C@@H]3CO)ccc21. The van der Waals surface area contributed by atoms with E-state index in [4.69, 9.17) is 23.7 Å². The van der Waals surface area contributed by atoms with Crippen LogP contribution in [0.2, 0.25) is 0 Å². The van der Waals surface area contributed by atoms with Crippen molar-refractivity contribution in [2.45, 2.75) is 149 Å². The van der Waals surface area contributed by atoms with Crippen molar-refractivity contribution in [3.63, 3.8) is 0 Å². The number of rotatable bonds is 24. The first kappa shape index (κ1) is 59.0. The smallest absolute Gasteiger partial charge is 0.340 e. The lowest BCUT2D eigenvalue weighted by atomic mass is 9.77. The highest BCUT2D eigenvalue weighted by atomic mass is 16.6. The van der Waals surface area contributed by atoms with Gasteiger partial charge in [-0.3, -0.25) is 43.1 Å². The number of fused-ring (bicyclic) bond motifs is 6. The van der Waals surface area contributed by atoms with Crippen LogP contribution in [0.5, 0.6) is 23.0 Å². The van der Waals surface area contributed by atoms with Gasteiger partial charge in [-0.1, -0.05) is 25.3 Å². The van der Waals surface area contributed by atoms with Crippen LogP contribution in [-0.4, -0.2) is 94.6 Å². The maximum absolute atomic E-state index is 13.8. The van der Waals surface area contributed by atoms with Crippen molar-refractivity contribution in [3.05, 3.63) is 116 Å². The molecule has 0 bridgehead atoms. The molecule has 4 amide bonds. The number of H-pyrrole nitrogens is 1. The molecule has 3 aliphatic heterocycles. The lowest BCUT2D eigenvalue weighted by Gasteiger charge is -2.36. The Labute approximate surface area is 457 Å². The van der Waals surface area contributed by atoms with E-state index >= 15 is 0 Å². The van der Waals surface area contributed by atoms with Crippen molar-refractivity contribution in [2.75, 3.05) is 26.2 Å². The highest BCUT2D eigenvalue weighted by Crippen LogP contribution is 2.57. The summed E-state index contributed by atoms with van der Waals surface area (Å²) >= 11 is 0. The number of aromatic amines is 1. The number of aromatic nitrogens is 2. The second-order valence-corrected chi connectivity index (χ2v) is 22.2. The second kappa shape index (κ2) is 25.9. The summed E-state index contributed by atoms with van der Waals surface area (Å²) in [5, 5.41) is 21.4. The molecule has 3 atom stereocenters. The molecule has 0 saturated carbocycles. The normalized spacial score (nSPS) is 16.8. The number of aliphatic hydroxyl groups is 1. The molecule has 6 N–H and O–H groups in total. The van der Waals surface area contributed by atoms with Gasteiger partial charge >= 0.3 is 23.6 Å². The number of amides is 4. The summed E-state index contributed by atoms with van der Waals surface area (Å²) in [5.74, 6) is -1.41. The highest BCUT2D eigenvalue weighted by Gasteiger charge is 2.54. The van der Waals surface area contributed by atoms with Crippen molar-refractivity contribution >= 4 is 41.5 Å². The van der Waals surface area contributed by atoms with Crippen LogP contribution in [0.3, 0.4) is 0 Å². The van der Waals surface area contributed by atoms with Crippen molar-refractivity contribution < 1.29 is 62.4 Å². The molecule has 0 aliphatic carbocycles. The predicted molar refractivity (Wildman–Crippen MR) is 288 cm³/mol. The van der Waals surface area contributed by atoms with Gasteiger partial charge < -0.3 is 50.1 Å². The molecule has 424 valence electrons. The van der Waals surface area contributed by atoms with Crippen molar-refractivity contribution in [1.82, 2.24) is 30.8 Å². The summed E-state index contributed by atoms with van der Waals surface area (Å²) in [4.78, 5) is 116. The van der Waals surface area contributed by atoms with Crippen molar-refractivity contribution in [3.8, 4) is 23.0 Å². The van der Waals surface area contributed by atoms with Crippen LogP contribution in [0, 0.1) is 10.8 Å². The summed E-state index contributed by atoms with van der Waals surface area (Å²) in [7, 11) is 0. The summed E-state index contributed by atoms with van der Waals surface area (Å²) in [5.41, 5.74) is -2.48. The topological polar surface area (TPSA) is 289 Å². The molecule has 4 aromatic rings. The molecule has 7 rings (SSSR count). The van der Waals surface area contributed by atoms with Gasteiger partial charge in [0.25, 0.3) is 11.5 Å². The molecule has 21 heteroatoms. The minimum absolute atomic E-state index is 0.0542. The molecule has 0 unspecified atom stereocenters. The first-order valence-corrected chi connectivity index (χ1v) is 27.1. The van der Waals surface area contributed by atoms with Gasteiger partial charge in [0.05, 0.1) is 29.0 Å². The van der Waals surface area contributed by atoms with E-state index in [1.54, 1.807) is 90.1 Å². The Kier molecular flexibility index (Phi) is 19.3. The Morgan fingerprint density at radius 3 is 1.70 bits per heavy atom. The molecule has 3 aromatic carbocycles. The first-order chi connectivity index (χ1) is 37.6. The summed E-state index contributed by atoms with van der Waals surface area (Å²) < 4.78 is 31.0. The number of benzene rings is 3. The van der Waals surface area contributed by atoms with Gasteiger partial charge in [-0.2, -0.15) is 0 Å². The van der Waals surface area contributed by atoms with Gasteiger partial charge in [-0.25, -0.2) is 9.59 Å². The summed E-state index contributed by atoms with van der Waals surface area (Å²) in [6, 6.07) is 15.1. The zero-order valence-electron chi connectivity index (χ0n) is 45.7. The minimum atomic E-state index is -1.53. The molecule has 21 nitrogen and oxygen atoms in total. The number of ether oxygens (including phenoxy) is 5. The fraction of sp³-hybridized carbons (Fsp3) is 0.500. The van der Waals surface area contributed by atoms with Crippen LogP contribution in [0.25, 0.3) is 0 Å². The van der Waals surface area contributed by atoms with Gasteiger partial charge in [0.2, 0.25) is 17.7 Å². The third-order valence-corrected chi connectivity index (χ3v) is 13.8. The third-order valence-electron chi connectivity index (χ3n) is 13.8. The fourth-order valence-corrected chi connectivity index (χ4v) is 9.33. The highest BCUT2D eigenvalue weighted by molar-refractivity contribution is 6.01. The fourth-order valence-electron chi connectivity index (χ4n) is 9.33. The molecule has 1 fully saturated rings. The van der Waals surface area contributed by atoms with Gasteiger partial charge in [0, 0.05) is 92.0 Å². The molecular weight excluding hydrogens is 1020 g/mol. The quantitative estimate of drug-likeness (QED) is 0.0262. The first-order valence-electron chi connectivity index (χ1n) is 27.1. The molecular formula is C58H72N6O15. The standard InChI is InChI=1S/C58H72N6O15/c1-56(2,3)53(72)75-36-20-23-40-43(31-36)77-44-32-37(76-54(73)57(4,5)6)21-24-41(44)58(40)39-22-19-35(30-38(39)52(71)79-58)51(70)61-28-15-8-11-17-47(67)59-26-13-7-10-16-46(66)60-27-14-9-12-18-48(68)62-42-33-50(78-45(42)34-65)64-29-25-49(69)63-55(64)74/h19-25,29-32,42,45,50,65H,7-18,26-28,33-34H2,1-6H3,(H,59,67)(H,60,66)(H,61,70)(H,62,68)(H,63,69,74)/t42-,45+,50+/m0/s1. The number of nitrogens with one attached hydrogen (secondary N) is 5. The van der Waals surface area contributed by atoms with Crippen LogP contribution >= 0.6 is 0 Å². The van der Waals surface area contributed by atoms with Crippen molar-refractivity contribution in [2.24, 2.45) is 10.8 Å². The lowest BCUT2D eigenvalue weighted by Crippen LogP contribution is -2.41. The number of carbonyl (C=O) groups is 7. The second-order valence-electron chi connectivity index (χ2n) is 22.2.